The molecular formula is C25H31Cl2N5. The van der Waals surface area contributed by atoms with Crippen LogP contribution in [-0.4, -0.2) is 42.4 Å². The van der Waals surface area contributed by atoms with Gasteiger partial charge in [0.05, 0.1) is 13.1 Å². The molecule has 1 fully saturated rings. The molecule has 1 aliphatic carbocycles. The Kier molecular flexibility index (Phi) is 6.96. The zero-order valence-corrected chi connectivity index (χ0v) is 19.9. The van der Waals surface area contributed by atoms with Gasteiger partial charge in [-0.2, -0.15) is 0 Å². The summed E-state index contributed by atoms with van der Waals surface area (Å²) >= 11 is 0. The van der Waals surface area contributed by atoms with Gasteiger partial charge in [-0.15, -0.1) is 24.8 Å². The Labute approximate surface area is 201 Å². The van der Waals surface area contributed by atoms with E-state index in [0.717, 1.165) is 50.3 Å². The van der Waals surface area contributed by atoms with E-state index in [9.17, 15) is 0 Å². The molecule has 0 amide bonds. The molecule has 2 aromatic carbocycles. The van der Waals surface area contributed by atoms with E-state index in [1.807, 2.05) is 0 Å². The van der Waals surface area contributed by atoms with Crippen molar-refractivity contribution in [1.82, 2.24) is 15.2 Å². The summed E-state index contributed by atoms with van der Waals surface area (Å²) in [6.07, 6.45) is 6.89. The van der Waals surface area contributed by atoms with Crippen LogP contribution in [0.25, 0.3) is 21.8 Å². The second kappa shape index (κ2) is 9.72. The van der Waals surface area contributed by atoms with Crippen molar-refractivity contribution in [2.75, 3.05) is 26.2 Å². The van der Waals surface area contributed by atoms with Crippen LogP contribution >= 0.6 is 24.8 Å². The highest BCUT2D eigenvalue weighted by molar-refractivity contribution is 6.14. The SMILES string of the molecule is Cl.Cl.c1cc2c(cc1C1=NCCN1)c1cc(C3=NCCN3)ccc1n2CC1CCCCC1. The zero-order valence-electron chi connectivity index (χ0n) is 18.3. The van der Waals surface area contributed by atoms with Gasteiger partial charge in [-0.3, -0.25) is 9.98 Å². The van der Waals surface area contributed by atoms with Crippen LogP contribution in [-0.2, 0) is 6.54 Å². The Morgan fingerprint density at radius 1 is 0.750 bits per heavy atom. The van der Waals surface area contributed by atoms with Crippen molar-refractivity contribution in [3.05, 3.63) is 47.5 Å². The number of aliphatic imine (C=N–C) groups is 2. The molecule has 0 bridgehead atoms. The maximum absolute atomic E-state index is 4.64. The molecule has 1 aromatic heterocycles. The van der Waals surface area contributed by atoms with Crippen LogP contribution in [0.4, 0.5) is 0 Å². The second-order valence-corrected chi connectivity index (χ2v) is 8.89. The highest BCUT2D eigenvalue weighted by Gasteiger charge is 2.20. The molecule has 0 saturated heterocycles. The highest BCUT2D eigenvalue weighted by Crippen LogP contribution is 2.34. The number of nitrogens with zero attached hydrogens (tertiary/aromatic N) is 3. The lowest BCUT2D eigenvalue weighted by Gasteiger charge is -2.23. The maximum atomic E-state index is 4.64. The first-order valence-corrected chi connectivity index (χ1v) is 11.5. The molecule has 1 saturated carbocycles. The van der Waals surface area contributed by atoms with E-state index in [-0.39, 0.29) is 24.8 Å². The molecule has 5 nitrogen and oxygen atoms in total. The topological polar surface area (TPSA) is 53.7 Å². The Hall–Kier alpha value is -2.24. The lowest BCUT2D eigenvalue weighted by molar-refractivity contribution is 0.325. The molecule has 7 heteroatoms. The first-order valence-electron chi connectivity index (χ1n) is 11.5. The normalized spacial score (nSPS) is 18.5. The van der Waals surface area contributed by atoms with Gasteiger partial charge in [0, 0.05) is 52.6 Å². The van der Waals surface area contributed by atoms with E-state index in [1.54, 1.807) is 0 Å². The van der Waals surface area contributed by atoms with Crippen molar-refractivity contribution in [3.63, 3.8) is 0 Å². The Bertz CT molecular complexity index is 1090. The number of halogens is 2. The summed E-state index contributed by atoms with van der Waals surface area (Å²) in [5.74, 6) is 2.85. The minimum Gasteiger partial charge on any atom is -0.368 e. The summed E-state index contributed by atoms with van der Waals surface area (Å²) in [6, 6.07) is 13.8. The standard InChI is InChI=1S/C25H29N5.2ClH/c1-2-4-17(5-3-1)16-30-22-8-6-18(24-26-10-11-27-24)14-20(22)21-15-19(7-9-23(21)30)25-28-12-13-29-25;;/h6-9,14-15,17H,1-5,10-13,16H2,(H,26,27)(H,28,29);2*1H. The summed E-state index contributed by atoms with van der Waals surface area (Å²) in [7, 11) is 0. The Morgan fingerprint density at radius 2 is 1.28 bits per heavy atom. The number of amidine groups is 2. The molecule has 3 aromatic rings. The van der Waals surface area contributed by atoms with Crippen molar-refractivity contribution in [2.45, 2.75) is 38.6 Å². The summed E-state index contributed by atoms with van der Waals surface area (Å²) in [6.45, 7) is 4.73. The molecule has 0 spiro atoms. The van der Waals surface area contributed by atoms with Crippen molar-refractivity contribution < 1.29 is 0 Å². The van der Waals surface area contributed by atoms with Crippen molar-refractivity contribution in [1.29, 1.82) is 0 Å². The number of rotatable bonds is 4. The number of nitrogens with one attached hydrogen (secondary N) is 2. The van der Waals surface area contributed by atoms with Gasteiger partial charge in [0.2, 0.25) is 0 Å². The van der Waals surface area contributed by atoms with Crippen LogP contribution in [0, 0.1) is 5.92 Å². The summed E-state index contributed by atoms with van der Waals surface area (Å²) in [5, 5.41) is 9.51. The summed E-state index contributed by atoms with van der Waals surface area (Å²) in [4.78, 5) is 9.29. The number of aromatic nitrogens is 1. The molecule has 3 aliphatic rings. The quantitative estimate of drug-likeness (QED) is 0.567. The van der Waals surface area contributed by atoms with Gasteiger partial charge in [-0.25, -0.2) is 0 Å². The largest absolute Gasteiger partial charge is 0.368 e. The number of hydrogen-bond donors (Lipinski definition) is 2. The van der Waals surface area contributed by atoms with E-state index in [4.69, 9.17) is 0 Å². The van der Waals surface area contributed by atoms with Crippen LogP contribution in [0.2, 0.25) is 0 Å². The molecule has 32 heavy (non-hydrogen) atoms. The number of benzene rings is 2. The fourth-order valence-corrected chi connectivity index (χ4v) is 5.41. The zero-order chi connectivity index (χ0) is 19.9. The fourth-order valence-electron chi connectivity index (χ4n) is 5.41. The summed E-state index contributed by atoms with van der Waals surface area (Å²) in [5.41, 5.74) is 5.07. The van der Waals surface area contributed by atoms with Gasteiger partial charge in [0.1, 0.15) is 11.7 Å². The van der Waals surface area contributed by atoms with Crippen molar-refractivity contribution in [3.8, 4) is 0 Å². The van der Waals surface area contributed by atoms with Gasteiger partial charge in [0.15, 0.2) is 0 Å². The minimum absolute atomic E-state index is 0. The minimum atomic E-state index is 0. The molecule has 2 aliphatic heterocycles. The van der Waals surface area contributed by atoms with E-state index in [0.29, 0.717) is 0 Å². The van der Waals surface area contributed by atoms with E-state index < -0.39 is 0 Å². The van der Waals surface area contributed by atoms with Gasteiger partial charge in [-0.05, 0) is 55.2 Å². The summed E-state index contributed by atoms with van der Waals surface area (Å²) < 4.78 is 2.57. The molecule has 0 unspecified atom stereocenters. The molecule has 6 rings (SSSR count). The van der Waals surface area contributed by atoms with Crippen molar-refractivity contribution >= 4 is 58.3 Å². The van der Waals surface area contributed by atoms with E-state index >= 15 is 0 Å². The van der Waals surface area contributed by atoms with Gasteiger partial charge in [0.25, 0.3) is 0 Å². The van der Waals surface area contributed by atoms with Crippen molar-refractivity contribution in [2.24, 2.45) is 15.9 Å². The molecule has 0 radical (unpaired) electrons. The molecule has 3 heterocycles. The lowest BCUT2D eigenvalue weighted by Crippen LogP contribution is -2.19. The second-order valence-electron chi connectivity index (χ2n) is 8.89. The Morgan fingerprint density at radius 3 is 1.75 bits per heavy atom. The third kappa shape index (κ3) is 4.08. The van der Waals surface area contributed by atoms with E-state index in [2.05, 4.69) is 61.6 Å². The van der Waals surface area contributed by atoms with Gasteiger partial charge in [-0.1, -0.05) is 19.3 Å². The van der Waals surface area contributed by atoms with Crippen LogP contribution in [0.3, 0.4) is 0 Å². The first-order chi connectivity index (χ1) is 14.9. The maximum Gasteiger partial charge on any atom is 0.128 e. The van der Waals surface area contributed by atoms with Crippen LogP contribution < -0.4 is 10.6 Å². The predicted octanol–water partition coefficient (Wildman–Crippen LogP) is 4.92. The third-order valence-electron chi connectivity index (χ3n) is 6.93. The fraction of sp³-hybridized carbons (Fsp3) is 0.440. The monoisotopic (exact) mass is 471 g/mol. The third-order valence-corrected chi connectivity index (χ3v) is 6.93. The highest BCUT2D eigenvalue weighted by atomic mass is 35.5. The Balaban J connectivity index is 0.00000122. The molecule has 0 atom stereocenters. The van der Waals surface area contributed by atoms with Gasteiger partial charge < -0.3 is 15.2 Å². The average molecular weight is 472 g/mol. The predicted molar refractivity (Wildman–Crippen MR) is 139 cm³/mol. The molecule has 2 N–H and O–H groups in total. The lowest BCUT2D eigenvalue weighted by atomic mass is 9.89. The average Bonchev–Trinajstić information content (AvgIpc) is 3.56. The number of fused-ring (bicyclic) bond motifs is 3. The van der Waals surface area contributed by atoms with Crippen LogP contribution in [0.5, 0.6) is 0 Å². The van der Waals surface area contributed by atoms with Gasteiger partial charge >= 0.3 is 0 Å². The van der Waals surface area contributed by atoms with E-state index in [1.165, 1.54) is 65.0 Å². The van der Waals surface area contributed by atoms with Crippen LogP contribution in [0.15, 0.2) is 46.4 Å². The van der Waals surface area contributed by atoms with Crippen LogP contribution in [0.1, 0.15) is 43.2 Å². The number of hydrogen-bond acceptors (Lipinski definition) is 4. The smallest absolute Gasteiger partial charge is 0.128 e. The molecule has 170 valence electrons. The first kappa shape index (κ1) is 22.9. The molecular weight excluding hydrogens is 441 g/mol.